The van der Waals surface area contributed by atoms with Crippen LogP contribution in [0.4, 0.5) is 0 Å². The number of primary sulfonamides is 1. The van der Waals surface area contributed by atoms with Crippen LogP contribution in [-0.2, 0) is 10.0 Å². The van der Waals surface area contributed by atoms with Gasteiger partial charge < -0.3 is 5.11 Å². The molecule has 0 bridgehead atoms. The number of nitrogens with zero attached hydrogens (tertiary/aromatic N) is 1. The zero-order chi connectivity index (χ0) is 15.0. The Bertz CT molecular complexity index is 745. The van der Waals surface area contributed by atoms with Crippen molar-refractivity contribution in [3.05, 3.63) is 29.8 Å². The van der Waals surface area contributed by atoms with Crippen LogP contribution in [0.15, 0.2) is 29.2 Å². The Morgan fingerprint density at radius 2 is 2.00 bits per heavy atom. The highest BCUT2D eigenvalue weighted by molar-refractivity contribution is 7.89. The van der Waals surface area contributed by atoms with E-state index in [1.807, 2.05) is 0 Å². The van der Waals surface area contributed by atoms with Gasteiger partial charge in [0.15, 0.2) is 0 Å². The van der Waals surface area contributed by atoms with E-state index in [2.05, 4.69) is 17.9 Å². The monoisotopic (exact) mass is 290 g/mol. The van der Waals surface area contributed by atoms with E-state index in [-0.39, 0.29) is 10.5 Å². The first-order valence-corrected chi connectivity index (χ1v) is 7.55. The van der Waals surface area contributed by atoms with Gasteiger partial charge in [-0.15, -0.1) is 0 Å². The molecule has 0 heterocycles. The van der Waals surface area contributed by atoms with Crippen LogP contribution < -0.4 is 5.14 Å². The van der Waals surface area contributed by atoms with E-state index in [1.54, 1.807) is 12.1 Å². The third-order valence-electron chi connectivity index (χ3n) is 3.53. The Morgan fingerprint density at radius 3 is 2.50 bits per heavy atom. The molecule has 1 fully saturated rings. The highest BCUT2D eigenvalue weighted by Crippen LogP contribution is 2.53. The Morgan fingerprint density at radius 1 is 1.40 bits per heavy atom. The average molecular weight is 290 g/mol. The normalized spacial score (nSPS) is 19.1. The lowest BCUT2D eigenvalue weighted by Crippen LogP contribution is -2.33. The Kier molecular flexibility index (Phi) is 3.35. The number of hydrogen-bond donors (Lipinski definition) is 2. The Hall–Kier alpha value is -1.86. The fourth-order valence-electron chi connectivity index (χ4n) is 1.96. The second-order valence-corrected chi connectivity index (χ2v) is 6.59. The van der Waals surface area contributed by atoms with Gasteiger partial charge >= 0.3 is 0 Å². The van der Waals surface area contributed by atoms with E-state index < -0.39 is 21.0 Å². The SMILES string of the molecule is C[C@](O)(C#Cc1ccccc1S(N)(=O)=O)C1(C#N)CC1. The van der Waals surface area contributed by atoms with Crippen LogP contribution in [-0.4, -0.2) is 19.1 Å². The van der Waals surface area contributed by atoms with Gasteiger partial charge in [0, 0.05) is 5.56 Å². The van der Waals surface area contributed by atoms with Crippen molar-refractivity contribution in [3.8, 4) is 17.9 Å². The maximum atomic E-state index is 11.4. The first-order chi connectivity index (χ1) is 9.22. The van der Waals surface area contributed by atoms with E-state index in [9.17, 15) is 13.5 Å². The van der Waals surface area contributed by atoms with Crippen molar-refractivity contribution >= 4 is 10.0 Å². The molecule has 1 aliphatic carbocycles. The summed E-state index contributed by atoms with van der Waals surface area (Å²) >= 11 is 0. The standard InChI is InChI=1S/C14H14N2O3S/c1-13(17,14(10-15)8-9-14)7-6-11-4-2-3-5-12(11)20(16,18)19/h2-5,17H,8-9H2,1H3,(H2,16,18,19)/t13-/m0/s1. The summed E-state index contributed by atoms with van der Waals surface area (Å²) in [5.74, 6) is 5.23. The van der Waals surface area contributed by atoms with Crippen molar-refractivity contribution in [1.82, 2.24) is 0 Å². The van der Waals surface area contributed by atoms with Crippen molar-refractivity contribution in [2.75, 3.05) is 0 Å². The Balaban J connectivity index is 2.43. The molecule has 0 aromatic heterocycles. The molecule has 104 valence electrons. The average Bonchev–Trinajstić information content (AvgIpc) is 3.17. The molecular formula is C14H14N2O3S. The second-order valence-electron chi connectivity index (χ2n) is 5.06. The number of nitriles is 1. The van der Waals surface area contributed by atoms with Crippen LogP contribution in [0.5, 0.6) is 0 Å². The highest BCUT2D eigenvalue weighted by Gasteiger charge is 2.56. The van der Waals surface area contributed by atoms with Crippen LogP contribution in [0.2, 0.25) is 0 Å². The summed E-state index contributed by atoms with van der Waals surface area (Å²) in [5, 5.41) is 24.5. The lowest BCUT2D eigenvalue weighted by Gasteiger charge is -2.21. The molecule has 0 unspecified atom stereocenters. The second kappa shape index (κ2) is 4.60. The maximum absolute atomic E-state index is 11.4. The molecule has 0 aliphatic heterocycles. The molecule has 1 saturated carbocycles. The van der Waals surface area contributed by atoms with Crippen molar-refractivity contribution in [2.45, 2.75) is 30.3 Å². The first-order valence-electron chi connectivity index (χ1n) is 6.00. The summed E-state index contributed by atoms with van der Waals surface area (Å²) in [5.41, 5.74) is -2.12. The number of rotatable bonds is 2. The summed E-state index contributed by atoms with van der Waals surface area (Å²) in [6.07, 6.45) is 1.17. The first kappa shape index (κ1) is 14.5. The van der Waals surface area contributed by atoms with Gasteiger partial charge in [-0.2, -0.15) is 5.26 Å². The van der Waals surface area contributed by atoms with E-state index >= 15 is 0 Å². The summed E-state index contributed by atoms with van der Waals surface area (Å²) in [6, 6.07) is 8.11. The van der Waals surface area contributed by atoms with Crippen LogP contribution >= 0.6 is 0 Å². The van der Waals surface area contributed by atoms with E-state index in [1.165, 1.54) is 19.1 Å². The van der Waals surface area contributed by atoms with Gasteiger partial charge in [-0.25, -0.2) is 13.6 Å². The van der Waals surface area contributed by atoms with E-state index in [0.717, 1.165) is 0 Å². The summed E-state index contributed by atoms with van der Waals surface area (Å²) in [7, 11) is -3.88. The van der Waals surface area contributed by atoms with Gasteiger partial charge in [0.05, 0.1) is 16.4 Å². The van der Waals surface area contributed by atoms with E-state index in [0.29, 0.717) is 12.8 Å². The summed E-state index contributed by atoms with van der Waals surface area (Å²) in [6.45, 7) is 1.47. The molecular weight excluding hydrogens is 276 g/mol. The van der Waals surface area contributed by atoms with Gasteiger partial charge in [0.25, 0.3) is 0 Å². The van der Waals surface area contributed by atoms with Crippen LogP contribution in [0.25, 0.3) is 0 Å². The van der Waals surface area contributed by atoms with Crippen molar-refractivity contribution in [3.63, 3.8) is 0 Å². The topological polar surface area (TPSA) is 104 Å². The molecule has 1 atom stereocenters. The van der Waals surface area contributed by atoms with Gasteiger partial charge in [-0.1, -0.05) is 24.0 Å². The van der Waals surface area contributed by atoms with Gasteiger partial charge in [-0.3, -0.25) is 0 Å². The Labute approximate surface area is 118 Å². The number of hydrogen-bond acceptors (Lipinski definition) is 4. The molecule has 0 amide bonds. The molecule has 20 heavy (non-hydrogen) atoms. The smallest absolute Gasteiger partial charge is 0.239 e. The molecule has 1 aromatic rings. The van der Waals surface area contributed by atoms with Crippen molar-refractivity contribution < 1.29 is 13.5 Å². The van der Waals surface area contributed by atoms with Gasteiger partial charge in [0.2, 0.25) is 10.0 Å². The molecule has 0 spiro atoms. The minimum absolute atomic E-state index is 0.0925. The summed E-state index contributed by atoms with van der Waals surface area (Å²) < 4.78 is 22.9. The molecule has 5 nitrogen and oxygen atoms in total. The largest absolute Gasteiger partial charge is 0.376 e. The lowest BCUT2D eigenvalue weighted by molar-refractivity contribution is 0.0682. The number of sulfonamides is 1. The zero-order valence-corrected chi connectivity index (χ0v) is 11.7. The molecule has 1 aliphatic rings. The summed E-state index contributed by atoms with van der Waals surface area (Å²) in [4.78, 5) is -0.0925. The maximum Gasteiger partial charge on any atom is 0.239 e. The van der Waals surface area contributed by atoms with E-state index in [4.69, 9.17) is 10.4 Å². The third-order valence-corrected chi connectivity index (χ3v) is 4.50. The minimum Gasteiger partial charge on any atom is -0.376 e. The molecule has 1 aromatic carbocycles. The quantitative estimate of drug-likeness (QED) is 0.784. The predicted molar refractivity (Wildman–Crippen MR) is 72.6 cm³/mol. The number of benzene rings is 1. The fraction of sp³-hybridized carbons (Fsp3) is 0.357. The third kappa shape index (κ3) is 2.54. The molecule has 6 heteroatoms. The van der Waals surface area contributed by atoms with Gasteiger partial charge in [0.1, 0.15) is 5.60 Å². The predicted octanol–water partition coefficient (Wildman–Crippen LogP) is 0.740. The number of nitrogens with two attached hydrogens (primary N) is 1. The van der Waals surface area contributed by atoms with Crippen LogP contribution in [0.1, 0.15) is 25.3 Å². The van der Waals surface area contributed by atoms with Crippen LogP contribution in [0.3, 0.4) is 0 Å². The molecule has 2 rings (SSSR count). The van der Waals surface area contributed by atoms with Crippen molar-refractivity contribution in [2.24, 2.45) is 10.6 Å². The fourth-order valence-corrected chi connectivity index (χ4v) is 2.65. The molecule has 3 N–H and O–H groups in total. The molecule has 0 saturated heterocycles. The van der Waals surface area contributed by atoms with Crippen molar-refractivity contribution in [1.29, 1.82) is 5.26 Å². The number of aliphatic hydroxyl groups is 1. The van der Waals surface area contributed by atoms with Gasteiger partial charge in [-0.05, 0) is 31.9 Å². The highest BCUT2D eigenvalue weighted by atomic mass is 32.2. The zero-order valence-electron chi connectivity index (χ0n) is 10.9. The minimum atomic E-state index is -3.88. The van der Waals surface area contributed by atoms with Crippen LogP contribution in [0, 0.1) is 28.6 Å². The lowest BCUT2D eigenvalue weighted by atomic mass is 9.87. The molecule has 0 radical (unpaired) electrons.